The van der Waals surface area contributed by atoms with Crippen molar-refractivity contribution in [2.24, 2.45) is 0 Å². The van der Waals surface area contributed by atoms with E-state index in [1.807, 2.05) is 19.1 Å². The lowest BCUT2D eigenvalue weighted by molar-refractivity contribution is 0.206. The summed E-state index contributed by atoms with van der Waals surface area (Å²) in [5.74, 6) is 0. The summed E-state index contributed by atoms with van der Waals surface area (Å²) in [6, 6.07) is 5.41. The van der Waals surface area contributed by atoms with E-state index in [0.717, 1.165) is 24.1 Å². The van der Waals surface area contributed by atoms with Gasteiger partial charge in [-0.1, -0.05) is 36.2 Å². The number of benzene rings is 1. The van der Waals surface area contributed by atoms with Crippen LogP contribution in [0.1, 0.15) is 36.3 Å². The lowest BCUT2D eigenvalue weighted by atomic mass is 10.0. The molecule has 19 heavy (non-hydrogen) atoms. The molecule has 102 valence electrons. The average Bonchev–Trinajstić information content (AvgIpc) is 2.70. The van der Waals surface area contributed by atoms with Gasteiger partial charge in [-0.25, -0.2) is 0 Å². The number of aliphatic hydroxyl groups is 1. The number of aryl methyl sites for hydroxylation is 2. The van der Waals surface area contributed by atoms with Crippen LogP contribution >= 0.6 is 23.2 Å². The molecule has 0 amide bonds. The molecule has 0 bridgehead atoms. The molecule has 0 aliphatic heterocycles. The van der Waals surface area contributed by atoms with Crippen LogP contribution in [0.3, 0.4) is 0 Å². The summed E-state index contributed by atoms with van der Waals surface area (Å²) in [5, 5.41) is 15.9. The van der Waals surface area contributed by atoms with Crippen LogP contribution in [0.25, 0.3) is 0 Å². The van der Waals surface area contributed by atoms with Crippen LogP contribution in [-0.4, -0.2) is 14.9 Å². The second-order valence-corrected chi connectivity index (χ2v) is 5.35. The molecule has 1 aromatic heterocycles. The van der Waals surface area contributed by atoms with E-state index >= 15 is 0 Å². The average molecular weight is 299 g/mol. The molecular formula is C14H16Cl2N2O. The molecule has 2 aromatic rings. The van der Waals surface area contributed by atoms with Gasteiger partial charge >= 0.3 is 0 Å². The van der Waals surface area contributed by atoms with Crippen molar-refractivity contribution in [2.45, 2.75) is 32.9 Å². The quantitative estimate of drug-likeness (QED) is 0.927. The second-order valence-electron chi connectivity index (χ2n) is 4.50. The van der Waals surface area contributed by atoms with Crippen molar-refractivity contribution in [2.75, 3.05) is 0 Å². The highest BCUT2D eigenvalue weighted by atomic mass is 35.5. The molecule has 1 aromatic carbocycles. The first kappa shape index (κ1) is 14.4. The SMILES string of the molecule is CCCn1ncc(Cl)c1C(O)c1ccc(Cl)cc1C. The topological polar surface area (TPSA) is 38.0 Å². The maximum atomic E-state index is 10.6. The monoisotopic (exact) mass is 298 g/mol. The van der Waals surface area contributed by atoms with Gasteiger partial charge in [0.05, 0.1) is 16.9 Å². The van der Waals surface area contributed by atoms with Gasteiger partial charge in [0.1, 0.15) is 6.10 Å². The molecule has 5 heteroatoms. The van der Waals surface area contributed by atoms with Gasteiger partial charge in [-0.2, -0.15) is 5.10 Å². The van der Waals surface area contributed by atoms with E-state index in [2.05, 4.69) is 12.0 Å². The predicted molar refractivity (Wildman–Crippen MR) is 77.8 cm³/mol. The van der Waals surface area contributed by atoms with E-state index in [9.17, 15) is 5.11 Å². The summed E-state index contributed by atoms with van der Waals surface area (Å²) in [6.45, 7) is 4.70. The Morgan fingerprint density at radius 3 is 2.74 bits per heavy atom. The Morgan fingerprint density at radius 2 is 2.11 bits per heavy atom. The molecule has 0 fully saturated rings. The van der Waals surface area contributed by atoms with E-state index in [-0.39, 0.29) is 0 Å². The Morgan fingerprint density at radius 1 is 1.37 bits per heavy atom. The molecule has 0 aliphatic rings. The maximum Gasteiger partial charge on any atom is 0.122 e. The summed E-state index contributed by atoms with van der Waals surface area (Å²) in [5.41, 5.74) is 2.36. The van der Waals surface area contributed by atoms with Crippen LogP contribution in [0.5, 0.6) is 0 Å². The highest BCUT2D eigenvalue weighted by molar-refractivity contribution is 6.31. The normalized spacial score (nSPS) is 12.7. The summed E-state index contributed by atoms with van der Waals surface area (Å²) >= 11 is 12.1. The fourth-order valence-corrected chi connectivity index (χ4v) is 2.60. The third-order valence-corrected chi connectivity index (χ3v) is 3.58. The lowest BCUT2D eigenvalue weighted by Crippen LogP contribution is -2.11. The number of hydrogen-bond donors (Lipinski definition) is 1. The van der Waals surface area contributed by atoms with Crippen molar-refractivity contribution >= 4 is 23.2 Å². The molecule has 1 N–H and O–H groups in total. The van der Waals surface area contributed by atoms with Gasteiger partial charge in [0, 0.05) is 11.6 Å². The minimum absolute atomic E-state index is 0.482. The molecule has 1 atom stereocenters. The first-order chi connectivity index (χ1) is 9.04. The van der Waals surface area contributed by atoms with Crippen molar-refractivity contribution in [1.82, 2.24) is 9.78 Å². The van der Waals surface area contributed by atoms with Crippen LogP contribution in [0.15, 0.2) is 24.4 Å². The fraction of sp³-hybridized carbons (Fsp3) is 0.357. The first-order valence-corrected chi connectivity index (χ1v) is 6.95. The standard InChI is InChI=1S/C14H16Cl2N2O/c1-3-6-18-13(12(16)8-17-18)14(19)11-5-4-10(15)7-9(11)2/h4-5,7-8,14,19H,3,6H2,1-2H3. The molecule has 0 saturated carbocycles. The Kier molecular flexibility index (Phi) is 4.50. The van der Waals surface area contributed by atoms with Gasteiger partial charge in [-0.05, 0) is 36.6 Å². The summed E-state index contributed by atoms with van der Waals surface area (Å²) < 4.78 is 1.75. The number of halogens is 2. The van der Waals surface area contributed by atoms with Crippen molar-refractivity contribution < 1.29 is 5.11 Å². The van der Waals surface area contributed by atoms with E-state index in [0.29, 0.717) is 15.7 Å². The summed E-state index contributed by atoms with van der Waals surface area (Å²) in [6.07, 6.45) is 1.71. The molecular weight excluding hydrogens is 283 g/mol. The van der Waals surface area contributed by atoms with E-state index < -0.39 is 6.10 Å². The van der Waals surface area contributed by atoms with Gasteiger partial charge in [0.15, 0.2) is 0 Å². The summed E-state index contributed by atoms with van der Waals surface area (Å²) in [7, 11) is 0. The maximum absolute atomic E-state index is 10.6. The van der Waals surface area contributed by atoms with Gasteiger partial charge in [0.25, 0.3) is 0 Å². The van der Waals surface area contributed by atoms with Crippen molar-refractivity contribution in [3.63, 3.8) is 0 Å². The van der Waals surface area contributed by atoms with E-state index in [4.69, 9.17) is 23.2 Å². The summed E-state index contributed by atoms with van der Waals surface area (Å²) in [4.78, 5) is 0. The molecule has 0 aliphatic carbocycles. The molecule has 0 radical (unpaired) electrons. The molecule has 0 spiro atoms. The van der Waals surface area contributed by atoms with Crippen molar-refractivity contribution in [1.29, 1.82) is 0 Å². The Bertz CT molecular complexity index is 581. The number of rotatable bonds is 4. The smallest absolute Gasteiger partial charge is 0.122 e. The molecule has 2 rings (SSSR count). The number of aromatic nitrogens is 2. The van der Waals surface area contributed by atoms with Crippen LogP contribution in [0.4, 0.5) is 0 Å². The van der Waals surface area contributed by atoms with Gasteiger partial charge in [0.2, 0.25) is 0 Å². The largest absolute Gasteiger partial charge is 0.382 e. The molecule has 0 saturated heterocycles. The third kappa shape index (κ3) is 2.94. The molecule has 1 unspecified atom stereocenters. The van der Waals surface area contributed by atoms with Crippen LogP contribution < -0.4 is 0 Å². The molecule has 3 nitrogen and oxygen atoms in total. The second kappa shape index (κ2) is 5.95. The van der Waals surface area contributed by atoms with Gasteiger partial charge < -0.3 is 5.11 Å². The van der Waals surface area contributed by atoms with Crippen molar-refractivity contribution in [3.8, 4) is 0 Å². The van der Waals surface area contributed by atoms with Crippen LogP contribution in [-0.2, 0) is 6.54 Å². The lowest BCUT2D eigenvalue weighted by Gasteiger charge is -2.16. The van der Waals surface area contributed by atoms with Crippen LogP contribution in [0, 0.1) is 6.92 Å². The number of nitrogens with zero attached hydrogens (tertiary/aromatic N) is 2. The zero-order valence-corrected chi connectivity index (χ0v) is 12.4. The third-order valence-electron chi connectivity index (χ3n) is 3.05. The van der Waals surface area contributed by atoms with Crippen LogP contribution in [0.2, 0.25) is 10.0 Å². The molecule has 1 heterocycles. The Hall–Kier alpha value is -1.03. The minimum Gasteiger partial charge on any atom is -0.382 e. The van der Waals surface area contributed by atoms with Crippen molar-refractivity contribution in [3.05, 3.63) is 51.3 Å². The zero-order chi connectivity index (χ0) is 14.0. The van der Waals surface area contributed by atoms with Gasteiger partial charge in [-0.3, -0.25) is 4.68 Å². The van der Waals surface area contributed by atoms with Gasteiger partial charge in [-0.15, -0.1) is 0 Å². The first-order valence-electron chi connectivity index (χ1n) is 6.20. The highest BCUT2D eigenvalue weighted by Gasteiger charge is 2.21. The Labute approximate surface area is 122 Å². The Balaban J connectivity index is 2.43. The minimum atomic E-state index is -0.793. The number of hydrogen-bond acceptors (Lipinski definition) is 2. The number of aliphatic hydroxyl groups excluding tert-OH is 1. The highest BCUT2D eigenvalue weighted by Crippen LogP contribution is 2.31. The van der Waals surface area contributed by atoms with E-state index in [1.165, 1.54) is 0 Å². The zero-order valence-electron chi connectivity index (χ0n) is 10.9. The predicted octanol–water partition coefficient (Wildman–Crippen LogP) is 3.99. The fourth-order valence-electron chi connectivity index (χ4n) is 2.13. The van der Waals surface area contributed by atoms with E-state index in [1.54, 1.807) is 16.9 Å².